The van der Waals surface area contributed by atoms with E-state index in [-0.39, 0.29) is 29.6 Å². The number of hydrogen-bond acceptors (Lipinski definition) is 10. The summed E-state index contributed by atoms with van der Waals surface area (Å²) >= 11 is 0. The standard InChI is InChI=1S/C30H40F2N8O2/c1-7-11-33-24-15-25(27(42-6)16-26(24)40-12-9-10-19(40)17-39(4)5)37-29-35-18-34-28(38-29)36-23-14-22(32)21(31)13-20(23)30(3,41)8-2/h7,13-16,18-19,33,41H,1,8-12,17H2,2-6H3,(H2,34,35,36,37,38)/t19-,30?/m0/s1. The van der Waals surface area contributed by atoms with E-state index in [1.54, 1.807) is 20.1 Å². The van der Waals surface area contributed by atoms with Crippen LogP contribution in [-0.4, -0.2) is 71.8 Å². The largest absolute Gasteiger partial charge is 0.494 e. The lowest BCUT2D eigenvalue weighted by molar-refractivity contribution is 0.0534. The van der Waals surface area contributed by atoms with Gasteiger partial charge < -0.3 is 35.6 Å². The predicted octanol–water partition coefficient (Wildman–Crippen LogP) is 5.39. The number of likely N-dealkylation sites (N-methyl/N-ethyl adjacent to an activating group) is 1. The first-order chi connectivity index (χ1) is 20.1. The molecule has 1 aliphatic heterocycles. The van der Waals surface area contributed by atoms with E-state index in [1.165, 1.54) is 13.3 Å². The zero-order valence-electron chi connectivity index (χ0n) is 24.8. The average Bonchev–Trinajstić information content (AvgIpc) is 3.41. The number of benzene rings is 2. The van der Waals surface area contributed by atoms with Crippen molar-refractivity contribution < 1.29 is 18.6 Å². The first-order valence-electron chi connectivity index (χ1n) is 14.0. The van der Waals surface area contributed by atoms with Gasteiger partial charge in [-0.1, -0.05) is 13.0 Å². The van der Waals surface area contributed by atoms with Gasteiger partial charge >= 0.3 is 0 Å². The van der Waals surface area contributed by atoms with Crippen molar-refractivity contribution in [2.24, 2.45) is 0 Å². The summed E-state index contributed by atoms with van der Waals surface area (Å²) in [5, 5.41) is 20.4. The summed E-state index contributed by atoms with van der Waals surface area (Å²) in [6, 6.07) is 6.29. The molecule has 0 radical (unpaired) electrons. The van der Waals surface area contributed by atoms with Gasteiger partial charge in [0.05, 0.1) is 35.5 Å². The number of aromatic nitrogens is 3. The van der Waals surface area contributed by atoms with E-state index in [1.807, 2.05) is 12.1 Å². The molecule has 10 nitrogen and oxygen atoms in total. The Labute approximate surface area is 245 Å². The molecule has 0 bridgehead atoms. The highest BCUT2D eigenvalue weighted by Crippen LogP contribution is 2.41. The molecule has 12 heteroatoms. The molecule has 0 saturated carbocycles. The first kappa shape index (κ1) is 30.9. The fourth-order valence-electron chi connectivity index (χ4n) is 5.11. The van der Waals surface area contributed by atoms with E-state index < -0.39 is 17.2 Å². The summed E-state index contributed by atoms with van der Waals surface area (Å²) in [7, 11) is 5.77. The molecule has 1 aliphatic rings. The zero-order valence-corrected chi connectivity index (χ0v) is 24.8. The Kier molecular flexibility index (Phi) is 9.79. The molecular weight excluding hydrogens is 542 g/mol. The van der Waals surface area contributed by atoms with Crippen molar-refractivity contribution in [3.05, 3.63) is 60.4 Å². The summed E-state index contributed by atoms with van der Waals surface area (Å²) in [6.45, 7) is 9.58. The Morgan fingerprint density at radius 3 is 2.45 bits per heavy atom. The molecule has 0 amide bonds. The van der Waals surface area contributed by atoms with E-state index in [0.717, 1.165) is 49.4 Å². The normalized spacial score (nSPS) is 16.3. The van der Waals surface area contributed by atoms with Crippen LogP contribution in [0, 0.1) is 11.6 Å². The van der Waals surface area contributed by atoms with Crippen LogP contribution >= 0.6 is 0 Å². The van der Waals surface area contributed by atoms with Gasteiger partial charge in [-0.3, -0.25) is 0 Å². The van der Waals surface area contributed by atoms with Crippen LogP contribution in [0.4, 0.5) is 43.4 Å². The van der Waals surface area contributed by atoms with E-state index in [4.69, 9.17) is 4.74 Å². The smallest absolute Gasteiger partial charge is 0.232 e. The second-order valence-corrected chi connectivity index (χ2v) is 10.8. The lowest BCUT2D eigenvalue weighted by atomic mass is 9.91. The van der Waals surface area contributed by atoms with Crippen molar-refractivity contribution in [3.63, 3.8) is 0 Å². The first-order valence-corrected chi connectivity index (χ1v) is 14.0. The monoisotopic (exact) mass is 582 g/mol. The van der Waals surface area contributed by atoms with Crippen LogP contribution in [0.5, 0.6) is 5.75 Å². The third kappa shape index (κ3) is 7.05. The number of rotatable bonds is 13. The molecule has 1 fully saturated rings. The zero-order chi connectivity index (χ0) is 30.4. The number of nitrogens with zero attached hydrogens (tertiary/aromatic N) is 5. The lowest BCUT2D eigenvalue weighted by Gasteiger charge is -2.31. The third-order valence-corrected chi connectivity index (χ3v) is 7.41. The molecule has 4 N–H and O–H groups in total. The second kappa shape index (κ2) is 13.3. The average molecular weight is 583 g/mol. The Balaban J connectivity index is 1.66. The number of hydrogen-bond donors (Lipinski definition) is 4. The van der Waals surface area contributed by atoms with Gasteiger partial charge in [-0.25, -0.2) is 18.7 Å². The minimum atomic E-state index is -1.41. The van der Waals surface area contributed by atoms with Crippen molar-refractivity contribution in [3.8, 4) is 5.75 Å². The van der Waals surface area contributed by atoms with Crippen LogP contribution in [-0.2, 0) is 5.60 Å². The fraction of sp³-hybridized carbons (Fsp3) is 0.433. The Bertz CT molecular complexity index is 1400. The molecule has 42 heavy (non-hydrogen) atoms. The highest BCUT2D eigenvalue weighted by Gasteiger charge is 2.29. The quantitative estimate of drug-likeness (QED) is 0.196. The predicted molar refractivity (Wildman–Crippen MR) is 163 cm³/mol. The maximum atomic E-state index is 14.2. The molecule has 1 saturated heterocycles. The molecule has 3 aromatic rings. The second-order valence-electron chi connectivity index (χ2n) is 10.8. The van der Waals surface area contributed by atoms with E-state index in [2.05, 4.69) is 61.4 Å². The molecule has 226 valence electrons. The summed E-state index contributed by atoms with van der Waals surface area (Å²) in [4.78, 5) is 17.4. The van der Waals surface area contributed by atoms with Crippen LogP contribution in [0.2, 0.25) is 0 Å². The highest BCUT2D eigenvalue weighted by molar-refractivity contribution is 5.81. The Morgan fingerprint density at radius 1 is 1.12 bits per heavy atom. The molecule has 2 atom stereocenters. The van der Waals surface area contributed by atoms with E-state index >= 15 is 0 Å². The van der Waals surface area contributed by atoms with E-state index in [9.17, 15) is 13.9 Å². The van der Waals surface area contributed by atoms with Crippen LogP contribution < -0.4 is 25.6 Å². The molecule has 1 aromatic heterocycles. The SMILES string of the molecule is C=CCNc1cc(Nc2ncnc(Nc3cc(F)c(F)cc3C(C)(O)CC)n2)c(OC)cc1N1CCC[C@H]1CN(C)C. The fourth-order valence-corrected chi connectivity index (χ4v) is 5.11. The van der Waals surface area contributed by atoms with Crippen molar-refractivity contribution in [1.29, 1.82) is 0 Å². The van der Waals surface area contributed by atoms with Crippen LogP contribution in [0.1, 0.15) is 38.7 Å². The molecule has 2 heterocycles. The maximum Gasteiger partial charge on any atom is 0.232 e. The van der Waals surface area contributed by atoms with Crippen molar-refractivity contribution >= 4 is 34.6 Å². The number of ether oxygens (including phenoxy) is 1. The third-order valence-electron chi connectivity index (χ3n) is 7.41. The van der Waals surface area contributed by atoms with Gasteiger partial charge in [-0.05, 0) is 52.4 Å². The number of methoxy groups -OCH3 is 1. The number of halogens is 2. The van der Waals surface area contributed by atoms with Gasteiger partial charge in [-0.15, -0.1) is 6.58 Å². The van der Waals surface area contributed by atoms with Crippen molar-refractivity contribution in [1.82, 2.24) is 19.9 Å². The molecule has 2 aromatic carbocycles. The minimum absolute atomic E-state index is 0.0795. The van der Waals surface area contributed by atoms with Crippen LogP contribution in [0.15, 0.2) is 43.2 Å². The summed E-state index contributed by atoms with van der Waals surface area (Å²) in [5.41, 5.74) is 1.49. The van der Waals surface area contributed by atoms with Gasteiger partial charge in [0.25, 0.3) is 0 Å². The Hall–Kier alpha value is -4.03. The molecule has 1 unspecified atom stereocenters. The van der Waals surface area contributed by atoms with Crippen LogP contribution in [0.25, 0.3) is 0 Å². The summed E-state index contributed by atoms with van der Waals surface area (Å²) in [6.07, 6.45) is 5.59. The lowest BCUT2D eigenvalue weighted by Crippen LogP contribution is -2.38. The van der Waals surface area contributed by atoms with Gasteiger partial charge in [0.1, 0.15) is 12.1 Å². The van der Waals surface area contributed by atoms with Gasteiger partial charge in [-0.2, -0.15) is 4.98 Å². The number of aliphatic hydroxyl groups is 1. The highest BCUT2D eigenvalue weighted by atomic mass is 19.2. The topological polar surface area (TPSA) is 111 Å². The van der Waals surface area contributed by atoms with Gasteiger partial charge in [0.2, 0.25) is 11.9 Å². The number of anilines is 6. The van der Waals surface area contributed by atoms with Crippen LogP contribution in [0.3, 0.4) is 0 Å². The van der Waals surface area contributed by atoms with Crippen molar-refractivity contribution in [2.75, 3.05) is 61.7 Å². The van der Waals surface area contributed by atoms with Gasteiger partial charge in [0.15, 0.2) is 11.6 Å². The van der Waals surface area contributed by atoms with Gasteiger partial charge in [0, 0.05) is 43.4 Å². The summed E-state index contributed by atoms with van der Waals surface area (Å²) < 4.78 is 34.0. The van der Waals surface area contributed by atoms with E-state index in [0.29, 0.717) is 24.0 Å². The van der Waals surface area contributed by atoms with Crippen molar-refractivity contribution in [2.45, 2.75) is 44.8 Å². The minimum Gasteiger partial charge on any atom is -0.494 e. The molecule has 0 spiro atoms. The molecular formula is C30H40F2N8O2. The molecule has 0 aliphatic carbocycles. The Morgan fingerprint density at radius 2 is 1.81 bits per heavy atom. The number of nitrogens with one attached hydrogen (secondary N) is 3. The molecule has 4 rings (SSSR count). The maximum absolute atomic E-state index is 14.2. The summed E-state index contributed by atoms with van der Waals surface area (Å²) in [5.74, 6) is -1.24.